The predicted octanol–water partition coefficient (Wildman–Crippen LogP) is 1.66. The van der Waals surface area contributed by atoms with Crippen LogP contribution >= 0.6 is 12.2 Å². The fourth-order valence-corrected chi connectivity index (χ4v) is 1.57. The van der Waals surface area contributed by atoms with Crippen molar-refractivity contribution < 1.29 is 4.39 Å². The summed E-state index contributed by atoms with van der Waals surface area (Å²) in [6.07, 6.45) is 0. The molecule has 2 rings (SSSR count). The predicted molar refractivity (Wildman–Crippen MR) is 56.2 cm³/mol. The zero-order valence-electron chi connectivity index (χ0n) is 7.37. The van der Waals surface area contributed by atoms with Gasteiger partial charge in [0, 0.05) is 6.07 Å². The molecule has 0 atom stereocenters. The van der Waals surface area contributed by atoms with Crippen molar-refractivity contribution in [2.24, 2.45) is 0 Å². The van der Waals surface area contributed by atoms with E-state index in [1.54, 1.807) is 6.92 Å². The van der Waals surface area contributed by atoms with Gasteiger partial charge in [-0.3, -0.25) is 4.57 Å². The molecule has 1 aromatic heterocycles. The van der Waals surface area contributed by atoms with Crippen LogP contribution in [0.25, 0.3) is 11.0 Å². The fraction of sp³-hybridized carbons (Fsp3) is 0.111. The number of fused-ring (bicyclic) bond motifs is 1. The van der Waals surface area contributed by atoms with E-state index >= 15 is 0 Å². The Bertz CT molecular complexity index is 570. The molecule has 0 aliphatic heterocycles. The number of nitrogens with zero attached hydrogens (tertiary/aromatic N) is 1. The highest BCUT2D eigenvalue weighted by Gasteiger charge is 2.08. The first-order valence-corrected chi connectivity index (χ1v) is 4.41. The lowest BCUT2D eigenvalue weighted by atomic mass is 10.3. The summed E-state index contributed by atoms with van der Waals surface area (Å²) in [5.41, 5.74) is 0.723. The third-order valence-corrected chi connectivity index (χ3v) is 2.14. The number of thiocarbonyl (C=S) groups is 1. The van der Waals surface area contributed by atoms with E-state index in [2.05, 4.69) is 4.98 Å². The lowest BCUT2D eigenvalue weighted by Crippen LogP contribution is -2.20. The van der Waals surface area contributed by atoms with E-state index in [9.17, 15) is 9.18 Å². The molecule has 0 bridgehead atoms. The maximum Gasteiger partial charge on any atom is 0.331 e. The molecule has 72 valence electrons. The van der Waals surface area contributed by atoms with Gasteiger partial charge in [-0.1, -0.05) is 12.2 Å². The van der Waals surface area contributed by atoms with Crippen molar-refractivity contribution in [3.63, 3.8) is 0 Å². The van der Waals surface area contributed by atoms with Crippen LogP contribution in [0.5, 0.6) is 0 Å². The summed E-state index contributed by atoms with van der Waals surface area (Å²) in [6.45, 7) is 1.62. The SMILES string of the molecule is CC(=S)n1c(=O)[nH]c2ccc(F)cc21. The molecule has 1 N–H and O–H groups in total. The summed E-state index contributed by atoms with van der Waals surface area (Å²) in [6, 6.07) is 4.09. The number of halogens is 1. The largest absolute Gasteiger partial charge is 0.331 e. The van der Waals surface area contributed by atoms with Crippen LogP contribution in [0.15, 0.2) is 23.0 Å². The van der Waals surface area contributed by atoms with Gasteiger partial charge in [0.05, 0.1) is 16.0 Å². The summed E-state index contributed by atoms with van der Waals surface area (Å²) >= 11 is 4.89. The van der Waals surface area contributed by atoms with Gasteiger partial charge < -0.3 is 4.98 Å². The van der Waals surface area contributed by atoms with Crippen molar-refractivity contribution in [3.8, 4) is 0 Å². The van der Waals surface area contributed by atoms with Gasteiger partial charge in [0.1, 0.15) is 5.82 Å². The number of hydrogen-bond acceptors (Lipinski definition) is 2. The van der Waals surface area contributed by atoms with Crippen molar-refractivity contribution in [3.05, 3.63) is 34.5 Å². The zero-order valence-corrected chi connectivity index (χ0v) is 8.19. The Labute approximate surface area is 84.2 Å². The molecule has 1 heterocycles. The first-order chi connectivity index (χ1) is 6.59. The lowest BCUT2D eigenvalue weighted by molar-refractivity contribution is 0.629. The molecule has 0 unspecified atom stereocenters. The quantitative estimate of drug-likeness (QED) is 0.671. The minimum Gasteiger partial charge on any atom is -0.305 e. The monoisotopic (exact) mass is 210 g/mol. The molecular formula is C9H7FN2OS. The van der Waals surface area contributed by atoms with Crippen LogP contribution in [-0.2, 0) is 0 Å². The van der Waals surface area contributed by atoms with Gasteiger partial charge in [-0.2, -0.15) is 0 Å². The molecule has 0 saturated heterocycles. The van der Waals surface area contributed by atoms with E-state index in [0.717, 1.165) is 0 Å². The second kappa shape index (κ2) is 3.02. The van der Waals surface area contributed by atoms with Crippen molar-refractivity contribution in [2.45, 2.75) is 6.92 Å². The number of H-pyrrole nitrogens is 1. The summed E-state index contributed by atoms with van der Waals surface area (Å²) < 4.78 is 14.2. The molecule has 0 aliphatic carbocycles. The Morgan fingerprint density at radius 1 is 1.57 bits per heavy atom. The van der Waals surface area contributed by atoms with Crippen LogP contribution < -0.4 is 5.69 Å². The molecule has 0 spiro atoms. The van der Waals surface area contributed by atoms with Gasteiger partial charge in [-0.05, 0) is 19.1 Å². The number of aromatic amines is 1. The van der Waals surface area contributed by atoms with Crippen LogP contribution in [0, 0.1) is 5.82 Å². The minimum absolute atomic E-state index is 0.335. The van der Waals surface area contributed by atoms with E-state index < -0.39 is 0 Å². The first-order valence-electron chi connectivity index (χ1n) is 4.01. The van der Waals surface area contributed by atoms with E-state index in [0.29, 0.717) is 16.0 Å². The number of imidazole rings is 1. The summed E-state index contributed by atoms with van der Waals surface area (Å²) in [7, 11) is 0. The van der Waals surface area contributed by atoms with Gasteiger partial charge in [0.25, 0.3) is 0 Å². The summed E-state index contributed by atoms with van der Waals surface area (Å²) in [5, 5.41) is 0. The average molecular weight is 210 g/mol. The first kappa shape index (κ1) is 9.08. The van der Waals surface area contributed by atoms with E-state index in [4.69, 9.17) is 12.2 Å². The molecule has 5 heteroatoms. The molecule has 0 fully saturated rings. The third-order valence-electron chi connectivity index (χ3n) is 1.96. The highest BCUT2D eigenvalue weighted by Crippen LogP contribution is 2.11. The third kappa shape index (κ3) is 1.26. The Balaban J connectivity index is 2.93. The number of rotatable bonds is 0. The second-order valence-corrected chi connectivity index (χ2v) is 3.54. The van der Waals surface area contributed by atoms with Gasteiger partial charge >= 0.3 is 5.69 Å². The molecule has 0 aliphatic rings. The molecule has 0 amide bonds. The standard InChI is InChI=1S/C9H7FN2OS/c1-5(14)12-8-4-6(10)2-3-7(8)11-9(12)13/h2-4H,1H3,(H,11,13). The molecule has 1 aromatic carbocycles. The molecular weight excluding hydrogens is 203 g/mol. The number of aromatic nitrogens is 2. The number of hydrogen-bond donors (Lipinski definition) is 1. The minimum atomic E-state index is -0.387. The van der Waals surface area contributed by atoms with Crippen LogP contribution in [0.4, 0.5) is 4.39 Å². The van der Waals surface area contributed by atoms with Gasteiger partial charge in [0.2, 0.25) is 0 Å². The number of nitrogens with one attached hydrogen (secondary N) is 1. The molecule has 0 radical (unpaired) electrons. The lowest BCUT2D eigenvalue weighted by Gasteiger charge is -1.98. The van der Waals surface area contributed by atoms with Crippen molar-refractivity contribution >= 4 is 28.2 Å². The Kier molecular flexibility index (Phi) is 1.96. The highest BCUT2D eigenvalue weighted by atomic mass is 32.1. The molecule has 0 saturated carbocycles. The van der Waals surface area contributed by atoms with E-state index in [1.165, 1.54) is 22.8 Å². The Morgan fingerprint density at radius 3 is 2.93 bits per heavy atom. The highest BCUT2D eigenvalue weighted by molar-refractivity contribution is 7.80. The van der Waals surface area contributed by atoms with Crippen molar-refractivity contribution in [1.82, 2.24) is 9.55 Å². The summed E-state index contributed by atoms with van der Waals surface area (Å²) in [5.74, 6) is -0.387. The van der Waals surface area contributed by atoms with Gasteiger partial charge in [-0.25, -0.2) is 9.18 Å². The average Bonchev–Trinajstić information content (AvgIpc) is 2.40. The summed E-state index contributed by atoms with van der Waals surface area (Å²) in [4.78, 5) is 14.4. The van der Waals surface area contributed by atoms with Crippen LogP contribution in [-0.4, -0.2) is 14.5 Å². The number of benzene rings is 1. The van der Waals surface area contributed by atoms with Crippen LogP contribution in [0.3, 0.4) is 0 Å². The van der Waals surface area contributed by atoms with Gasteiger partial charge in [0.15, 0.2) is 0 Å². The molecule has 2 aromatic rings. The maximum absolute atomic E-state index is 12.9. The normalized spacial score (nSPS) is 10.7. The topological polar surface area (TPSA) is 37.8 Å². The van der Waals surface area contributed by atoms with Crippen molar-refractivity contribution in [2.75, 3.05) is 0 Å². The van der Waals surface area contributed by atoms with Crippen molar-refractivity contribution in [1.29, 1.82) is 0 Å². The zero-order chi connectivity index (χ0) is 10.3. The van der Waals surface area contributed by atoms with E-state index in [1.807, 2.05) is 0 Å². The van der Waals surface area contributed by atoms with E-state index in [-0.39, 0.29) is 11.5 Å². The Hall–Kier alpha value is -1.49. The molecule has 14 heavy (non-hydrogen) atoms. The maximum atomic E-state index is 12.9. The fourth-order valence-electron chi connectivity index (χ4n) is 1.39. The van der Waals surface area contributed by atoms with Gasteiger partial charge in [-0.15, -0.1) is 0 Å². The van der Waals surface area contributed by atoms with Crippen LogP contribution in [0.1, 0.15) is 6.92 Å². The Morgan fingerprint density at radius 2 is 2.29 bits per heavy atom. The smallest absolute Gasteiger partial charge is 0.305 e. The van der Waals surface area contributed by atoms with Crippen LogP contribution in [0.2, 0.25) is 0 Å². The second-order valence-electron chi connectivity index (χ2n) is 2.95. The molecule has 3 nitrogen and oxygen atoms in total.